The van der Waals surface area contributed by atoms with Crippen LogP contribution in [-0.4, -0.2) is 36.7 Å². The number of primary amides is 1. The van der Waals surface area contributed by atoms with Crippen LogP contribution in [0.25, 0.3) is 0 Å². The zero-order chi connectivity index (χ0) is 31.2. The smallest absolute Gasteiger partial charge is 0.433 e. The van der Waals surface area contributed by atoms with Gasteiger partial charge >= 0.3 is 24.6 Å². The first-order valence-electron chi connectivity index (χ1n) is 10.3. The lowest BCUT2D eigenvalue weighted by molar-refractivity contribution is -0.348. The molecule has 1 rings (SSSR count). The average Bonchev–Trinajstić information content (AvgIpc) is 2.80. The highest BCUT2D eigenvalue weighted by Crippen LogP contribution is 2.54. The molecule has 5 N–H and O–H groups in total. The quantitative estimate of drug-likeness (QED) is 0.0419. The minimum atomic E-state index is -6.47. The number of allylic oxidation sites excluding steroid dienone is 2. The number of halogens is 9. The van der Waals surface area contributed by atoms with Crippen LogP contribution in [-0.2, 0) is 15.3 Å². The molecule has 17 heteroatoms. The second-order valence-corrected chi connectivity index (χ2v) is 6.97. The minimum Gasteiger partial charge on any atom is -0.433 e. The van der Waals surface area contributed by atoms with E-state index in [1.807, 2.05) is 13.8 Å². The van der Waals surface area contributed by atoms with Gasteiger partial charge in [-0.15, -0.1) is 12.6 Å². The highest BCUT2D eigenvalue weighted by molar-refractivity contribution is 7.97. The Morgan fingerprint density at radius 3 is 1.97 bits per heavy atom. The number of nitrogens with two attached hydrogens (primary N) is 2. The molecule has 220 valence electrons. The first-order valence-corrected chi connectivity index (χ1v) is 10.7. The number of amides is 1. The summed E-state index contributed by atoms with van der Waals surface area (Å²) in [5.41, 5.74) is -5.01. The molecule has 0 aromatic heterocycles. The predicted molar refractivity (Wildman–Crippen MR) is 131 cm³/mol. The van der Waals surface area contributed by atoms with Crippen molar-refractivity contribution in [1.82, 2.24) is 0 Å². The third-order valence-corrected chi connectivity index (χ3v) is 4.21. The number of nitrogens with zero attached hydrogens (tertiary/aromatic N) is 1. The summed E-state index contributed by atoms with van der Waals surface area (Å²) in [5.74, 6) is 3.73. The van der Waals surface area contributed by atoms with Crippen molar-refractivity contribution in [2.45, 2.75) is 45.4 Å². The van der Waals surface area contributed by atoms with Crippen molar-refractivity contribution in [1.29, 1.82) is 0 Å². The maximum Gasteiger partial charge on any atom is 0.435 e. The topological polar surface area (TPSA) is 120 Å². The van der Waals surface area contributed by atoms with Crippen molar-refractivity contribution < 1.29 is 53.8 Å². The average molecular weight is 597 g/mol. The summed E-state index contributed by atoms with van der Waals surface area (Å²) >= 11 is 3.50. The molecule has 0 aliphatic carbocycles. The molecule has 0 unspecified atom stereocenters. The molecule has 0 bridgehead atoms. The molecule has 0 atom stereocenters. The number of hydrazone groups is 1. The van der Waals surface area contributed by atoms with E-state index in [0.29, 0.717) is 0 Å². The van der Waals surface area contributed by atoms with Crippen LogP contribution in [0.1, 0.15) is 25.0 Å². The number of aryl methyl sites for hydroxylation is 1. The summed E-state index contributed by atoms with van der Waals surface area (Å²) in [6.45, 7) is 4.77. The van der Waals surface area contributed by atoms with E-state index >= 15 is 0 Å². The molecule has 1 aromatic carbocycles. The maximum absolute atomic E-state index is 14.5. The third-order valence-electron chi connectivity index (χ3n) is 4.06. The van der Waals surface area contributed by atoms with Gasteiger partial charge in [0.1, 0.15) is 5.75 Å². The number of anilines is 1. The Morgan fingerprint density at radius 1 is 1.10 bits per heavy atom. The first kappa shape index (κ1) is 37.5. The van der Waals surface area contributed by atoms with E-state index in [4.69, 9.17) is 10.6 Å². The molecule has 0 saturated heterocycles. The number of hydrogen-bond acceptors (Lipinski definition) is 6. The number of carbonyl (C=O) groups is 2. The largest absolute Gasteiger partial charge is 0.435 e. The van der Waals surface area contributed by atoms with Gasteiger partial charge in [0.25, 0.3) is 0 Å². The van der Waals surface area contributed by atoms with Crippen LogP contribution in [0.15, 0.2) is 53.3 Å². The molecule has 0 spiro atoms. The standard InChI is InChI=1S/C19H16F9N3O2S.C2H6.CH3NO/c1-9-7-12(17(22,18(23,24)25)19(26,27)28)8-13(33-16(20)21)15(9)31-10(2)11(5-6-30-29)3-4-14(32)34;1-2;2-1-3/h3-8,16,31H,2,29H2,1H3,(H,32,34);1-2H3;1H,(H2,2,3)/b4-3+,11-5+,30-6-;;. The van der Waals surface area contributed by atoms with Crippen LogP contribution in [0, 0.1) is 6.92 Å². The Morgan fingerprint density at radius 2 is 1.59 bits per heavy atom. The third kappa shape index (κ3) is 10.9. The normalized spacial score (nSPS) is 12.4. The van der Waals surface area contributed by atoms with Gasteiger partial charge in [-0.1, -0.05) is 20.4 Å². The number of thiol groups is 1. The van der Waals surface area contributed by atoms with E-state index in [9.17, 15) is 44.3 Å². The Labute approximate surface area is 222 Å². The van der Waals surface area contributed by atoms with Gasteiger partial charge in [0, 0.05) is 17.5 Å². The van der Waals surface area contributed by atoms with E-state index in [1.165, 1.54) is 6.08 Å². The molecule has 1 amide bonds. The molecule has 0 aliphatic rings. The van der Waals surface area contributed by atoms with Gasteiger partial charge in [-0.05, 0) is 48.4 Å². The van der Waals surface area contributed by atoms with Crippen molar-refractivity contribution in [3.63, 3.8) is 0 Å². The number of rotatable bonds is 9. The summed E-state index contributed by atoms with van der Waals surface area (Å²) in [5, 5.41) is 4.82. The second kappa shape index (κ2) is 16.4. The van der Waals surface area contributed by atoms with Crippen molar-refractivity contribution in [2.75, 3.05) is 5.32 Å². The number of benzene rings is 1. The first-order chi connectivity index (χ1) is 17.9. The second-order valence-electron chi connectivity index (χ2n) is 6.53. The molecular weight excluding hydrogens is 571 g/mol. The zero-order valence-electron chi connectivity index (χ0n) is 20.5. The lowest BCUT2D eigenvalue weighted by Crippen LogP contribution is -2.50. The van der Waals surface area contributed by atoms with Crippen LogP contribution < -0.4 is 21.6 Å². The van der Waals surface area contributed by atoms with Gasteiger partial charge in [0.2, 0.25) is 11.5 Å². The van der Waals surface area contributed by atoms with Gasteiger partial charge in [0.15, 0.2) is 0 Å². The van der Waals surface area contributed by atoms with E-state index in [1.54, 1.807) is 0 Å². The monoisotopic (exact) mass is 596 g/mol. The minimum absolute atomic E-state index is 0.0218. The maximum atomic E-state index is 14.5. The fourth-order valence-electron chi connectivity index (χ4n) is 2.56. The molecule has 1 aromatic rings. The Bertz CT molecular complexity index is 1060. The van der Waals surface area contributed by atoms with E-state index in [-0.39, 0.29) is 29.8 Å². The zero-order valence-corrected chi connectivity index (χ0v) is 21.4. The SMILES string of the molecule is C=C(Nc1c(C)cc(C(F)(C(F)(F)F)C(F)(F)F)cc1OC(F)F)C(/C=C/C(=O)S)=C/C=N\N.CC.NC=O. The van der Waals surface area contributed by atoms with Gasteiger partial charge in [-0.25, -0.2) is 4.39 Å². The molecule has 0 heterocycles. The van der Waals surface area contributed by atoms with Crippen LogP contribution in [0.5, 0.6) is 5.75 Å². The highest BCUT2D eigenvalue weighted by atomic mass is 32.1. The molecule has 0 fully saturated rings. The fourth-order valence-corrected chi connectivity index (χ4v) is 2.63. The van der Waals surface area contributed by atoms with Crippen molar-refractivity contribution >= 4 is 36.1 Å². The van der Waals surface area contributed by atoms with Crippen molar-refractivity contribution in [2.24, 2.45) is 16.7 Å². The van der Waals surface area contributed by atoms with Gasteiger partial charge < -0.3 is 21.6 Å². The molecule has 7 nitrogen and oxygen atoms in total. The summed E-state index contributed by atoms with van der Waals surface area (Å²) in [6, 6.07) is 0.0281. The van der Waals surface area contributed by atoms with E-state index in [0.717, 1.165) is 25.3 Å². The number of alkyl halides is 9. The summed E-state index contributed by atoms with van der Waals surface area (Å²) in [7, 11) is 0. The van der Waals surface area contributed by atoms with Gasteiger partial charge in [0.05, 0.1) is 5.69 Å². The Kier molecular flexibility index (Phi) is 15.7. The summed E-state index contributed by atoms with van der Waals surface area (Å²) in [4.78, 5) is 19.6. The number of ether oxygens (including phenoxy) is 1. The lowest BCUT2D eigenvalue weighted by atomic mass is 9.91. The van der Waals surface area contributed by atoms with E-state index < -0.39 is 52.3 Å². The summed E-state index contributed by atoms with van der Waals surface area (Å²) in [6.07, 6.45) is -8.46. The molecule has 0 saturated carbocycles. The predicted octanol–water partition coefficient (Wildman–Crippen LogP) is 5.82. The van der Waals surface area contributed by atoms with Crippen LogP contribution >= 0.6 is 12.6 Å². The van der Waals surface area contributed by atoms with Gasteiger partial charge in [-0.2, -0.15) is 40.2 Å². The van der Waals surface area contributed by atoms with Gasteiger partial charge in [-0.3, -0.25) is 9.59 Å². The van der Waals surface area contributed by atoms with Crippen molar-refractivity contribution in [3.8, 4) is 5.75 Å². The van der Waals surface area contributed by atoms with Crippen molar-refractivity contribution in [3.05, 3.63) is 59.3 Å². The number of nitrogens with one attached hydrogen (secondary N) is 1. The van der Waals surface area contributed by atoms with E-state index in [2.05, 4.69) is 40.1 Å². The molecule has 0 radical (unpaired) electrons. The Hall–Kier alpha value is -3.63. The highest BCUT2D eigenvalue weighted by Gasteiger charge is 2.73. The fraction of sp³-hybridized carbons (Fsp3) is 0.318. The molecule has 39 heavy (non-hydrogen) atoms. The number of carbonyl (C=O) groups excluding carboxylic acids is 2. The Balaban J connectivity index is 0. The van der Waals surface area contributed by atoms with Crippen LogP contribution in [0.2, 0.25) is 0 Å². The molecular formula is C22H25F9N4O3S. The molecule has 0 aliphatic heterocycles. The lowest BCUT2D eigenvalue weighted by Gasteiger charge is -2.31. The van der Waals surface area contributed by atoms with Crippen LogP contribution in [0.3, 0.4) is 0 Å². The number of hydrogen-bond donors (Lipinski definition) is 4. The summed E-state index contributed by atoms with van der Waals surface area (Å²) < 4.78 is 123. The van der Waals surface area contributed by atoms with Crippen LogP contribution in [0.4, 0.5) is 45.2 Å².